The molecule has 1 nitrogen and oxygen atoms in total. The third-order valence-electron chi connectivity index (χ3n) is 4.67. The number of ether oxygens (including phenoxy) is 1. The predicted octanol–water partition coefficient (Wildman–Crippen LogP) is 5.93. The van der Waals surface area contributed by atoms with E-state index in [4.69, 9.17) is 4.74 Å². The molecule has 128 valence electrons. The molecular weight excluding hydrogens is 292 g/mol. The lowest BCUT2D eigenvalue weighted by Crippen LogP contribution is -2.21. The van der Waals surface area contributed by atoms with E-state index in [2.05, 4.69) is 63.8 Å². The van der Waals surface area contributed by atoms with Gasteiger partial charge < -0.3 is 4.74 Å². The van der Waals surface area contributed by atoms with Crippen LogP contribution in [0.2, 0.25) is 0 Å². The zero-order chi connectivity index (χ0) is 17.4. The highest BCUT2D eigenvalue weighted by atomic mass is 16.5. The standard InChI is InChI=1S/C23H30O/c1-19(16-17-24-18-21-8-6-5-7-9-21)10-11-20-12-14-22(15-13-20)23(2,3)4/h5-9,12,16,22H,13-15,17-18H2,1-4H3/b19-16-. The van der Waals surface area contributed by atoms with E-state index in [9.17, 15) is 0 Å². The van der Waals surface area contributed by atoms with Crippen LogP contribution in [0, 0.1) is 23.2 Å². The topological polar surface area (TPSA) is 9.23 Å². The van der Waals surface area contributed by atoms with Gasteiger partial charge in [0.2, 0.25) is 0 Å². The van der Waals surface area contributed by atoms with Gasteiger partial charge in [-0.3, -0.25) is 0 Å². The van der Waals surface area contributed by atoms with Crippen molar-refractivity contribution in [2.24, 2.45) is 11.3 Å². The molecule has 24 heavy (non-hydrogen) atoms. The van der Waals surface area contributed by atoms with Crippen LogP contribution >= 0.6 is 0 Å². The van der Waals surface area contributed by atoms with Gasteiger partial charge in [0.25, 0.3) is 0 Å². The maximum absolute atomic E-state index is 5.67. The van der Waals surface area contributed by atoms with Crippen molar-refractivity contribution < 1.29 is 4.74 Å². The number of allylic oxidation sites excluding steroid dienone is 3. The lowest BCUT2D eigenvalue weighted by Gasteiger charge is -2.32. The van der Waals surface area contributed by atoms with Gasteiger partial charge in [-0.05, 0) is 60.3 Å². The van der Waals surface area contributed by atoms with Crippen molar-refractivity contribution in [1.29, 1.82) is 0 Å². The Morgan fingerprint density at radius 1 is 1.25 bits per heavy atom. The SMILES string of the molecule is C/C(C#CC1=CCC(C(C)(C)C)CC1)=C/COCc1ccccc1. The molecule has 1 heteroatoms. The zero-order valence-electron chi connectivity index (χ0n) is 15.6. The molecule has 2 rings (SSSR count). The molecule has 1 aliphatic carbocycles. The molecule has 0 saturated heterocycles. The summed E-state index contributed by atoms with van der Waals surface area (Å²) in [7, 11) is 0. The van der Waals surface area contributed by atoms with Crippen molar-refractivity contribution in [3.8, 4) is 11.8 Å². The summed E-state index contributed by atoms with van der Waals surface area (Å²) in [5, 5.41) is 0. The largest absolute Gasteiger partial charge is 0.373 e. The maximum atomic E-state index is 5.67. The summed E-state index contributed by atoms with van der Waals surface area (Å²) in [5.41, 5.74) is 3.99. The van der Waals surface area contributed by atoms with Crippen molar-refractivity contribution in [2.75, 3.05) is 6.61 Å². The summed E-state index contributed by atoms with van der Waals surface area (Å²) in [6, 6.07) is 10.3. The average Bonchev–Trinajstić information content (AvgIpc) is 2.57. The Hall–Kier alpha value is -1.78. The van der Waals surface area contributed by atoms with Gasteiger partial charge in [-0.2, -0.15) is 0 Å². The quantitative estimate of drug-likeness (QED) is 0.493. The monoisotopic (exact) mass is 322 g/mol. The molecule has 0 fully saturated rings. The Kier molecular flexibility index (Phi) is 6.88. The van der Waals surface area contributed by atoms with E-state index < -0.39 is 0 Å². The first-order valence-electron chi connectivity index (χ1n) is 8.94. The van der Waals surface area contributed by atoms with Gasteiger partial charge >= 0.3 is 0 Å². The van der Waals surface area contributed by atoms with Gasteiger partial charge in [-0.1, -0.05) is 69.0 Å². The minimum Gasteiger partial charge on any atom is -0.373 e. The first-order valence-corrected chi connectivity index (χ1v) is 8.94. The molecule has 1 aliphatic rings. The summed E-state index contributed by atoms with van der Waals surface area (Å²) >= 11 is 0. The lowest BCUT2D eigenvalue weighted by molar-refractivity contribution is 0.148. The van der Waals surface area contributed by atoms with Crippen LogP contribution in [0.15, 0.2) is 53.6 Å². The van der Waals surface area contributed by atoms with Crippen LogP contribution in [0.25, 0.3) is 0 Å². The predicted molar refractivity (Wildman–Crippen MR) is 103 cm³/mol. The number of hydrogen-bond donors (Lipinski definition) is 0. The molecule has 0 N–H and O–H groups in total. The van der Waals surface area contributed by atoms with Crippen LogP contribution in [-0.4, -0.2) is 6.61 Å². The van der Waals surface area contributed by atoms with Crippen molar-refractivity contribution in [2.45, 2.75) is 53.6 Å². The first kappa shape index (κ1) is 18.6. The fourth-order valence-electron chi connectivity index (χ4n) is 2.90. The smallest absolute Gasteiger partial charge is 0.0721 e. The molecule has 0 heterocycles. The molecule has 0 bridgehead atoms. The second kappa shape index (κ2) is 8.90. The second-order valence-corrected chi connectivity index (χ2v) is 7.70. The molecule has 0 aliphatic heterocycles. The van der Waals surface area contributed by atoms with Gasteiger partial charge in [0.05, 0.1) is 13.2 Å². The van der Waals surface area contributed by atoms with E-state index >= 15 is 0 Å². The summed E-state index contributed by atoms with van der Waals surface area (Å²) in [4.78, 5) is 0. The molecule has 0 spiro atoms. The van der Waals surface area contributed by atoms with Crippen molar-refractivity contribution in [1.82, 2.24) is 0 Å². The fourth-order valence-corrected chi connectivity index (χ4v) is 2.90. The summed E-state index contributed by atoms with van der Waals surface area (Å²) in [6.07, 6.45) is 7.94. The Morgan fingerprint density at radius 3 is 2.62 bits per heavy atom. The van der Waals surface area contributed by atoms with E-state index in [1.807, 2.05) is 18.2 Å². The van der Waals surface area contributed by atoms with Crippen molar-refractivity contribution in [3.05, 3.63) is 59.2 Å². The third-order valence-corrected chi connectivity index (χ3v) is 4.67. The van der Waals surface area contributed by atoms with Gasteiger partial charge in [0.1, 0.15) is 0 Å². The second-order valence-electron chi connectivity index (χ2n) is 7.70. The van der Waals surface area contributed by atoms with Gasteiger partial charge in [0, 0.05) is 0 Å². The van der Waals surface area contributed by atoms with Crippen molar-refractivity contribution >= 4 is 0 Å². The van der Waals surface area contributed by atoms with E-state index in [1.54, 1.807) is 0 Å². The minimum absolute atomic E-state index is 0.404. The van der Waals surface area contributed by atoms with Crippen LogP contribution in [0.5, 0.6) is 0 Å². The summed E-state index contributed by atoms with van der Waals surface area (Å²) < 4.78 is 5.67. The van der Waals surface area contributed by atoms with Crippen LogP contribution in [0.4, 0.5) is 0 Å². The van der Waals surface area contributed by atoms with Gasteiger partial charge in [0.15, 0.2) is 0 Å². The molecule has 1 aromatic rings. The molecule has 0 amide bonds. The Balaban J connectivity index is 1.77. The maximum Gasteiger partial charge on any atom is 0.0721 e. The fraction of sp³-hybridized carbons (Fsp3) is 0.478. The highest BCUT2D eigenvalue weighted by molar-refractivity contribution is 5.37. The van der Waals surface area contributed by atoms with E-state index in [-0.39, 0.29) is 0 Å². The third kappa shape index (κ3) is 6.38. The molecular formula is C23H30O. The summed E-state index contributed by atoms with van der Waals surface area (Å²) in [5.74, 6) is 7.39. The van der Waals surface area contributed by atoms with Crippen LogP contribution in [-0.2, 0) is 11.3 Å². The average molecular weight is 322 g/mol. The van der Waals surface area contributed by atoms with E-state index in [0.29, 0.717) is 18.6 Å². The molecule has 0 radical (unpaired) electrons. The van der Waals surface area contributed by atoms with Crippen LogP contribution in [0.1, 0.15) is 52.5 Å². The molecule has 0 aromatic heterocycles. The Bertz CT molecular complexity index is 632. The normalized spacial score (nSPS) is 18.6. The minimum atomic E-state index is 0.404. The Morgan fingerprint density at radius 2 is 2.00 bits per heavy atom. The lowest BCUT2D eigenvalue weighted by atomic mass is 9.73. The van der Waals surface area contributed by atoms with Crippen LogP contribution < -0.4 is 0 Å². The molecule has 1 atom stereocenters. The number of benzene rings is 1. The van der Waals surface area contributed by atoms with Gasteiger partial charge in [-0.25, -0.2) is 0 Å². The number of rotatable bonds is 4. The van der Waals surface area contributed by atoms with Crippen LogP contribution in [0.3, 0.4) is 0 Å². The molecule has 1 unspecified atom stereocenters. The first-order chi connectivity index (χ1) is 11.4. The van der Waals surface area contributed by atoms with E-state index in [1.165, 1.54) is 17.6 Å². The van der Waals surface area contributed by atoms with E-state index in [0.717, 1.165) is 24.3 Å². The van der Waals surface area contributed by atoms with Crippen molar-refractivity contribution in [3.63, 3.8) is 0 Å². The molecule has 1 aromatic carbocycles. The van der Waals surface area contributed by atoms with Gasteiger partial charge in [-0.15, -0.1) is 0 Å². The number of hydrogen-bond acceptors (Lipinski definition) is 1. The highest BCUT2D eigenvalue weighted by Gasteiger charge is 2.25. The summed E-state index contributed by atoms with van der Waals surface area (Å²) in [6.45, 7) is 10.3. The Labute approximate surface area is 147 Å². The zero-order valence-corrected chi connectivity index (χ0v) is 15.6. The molecule has 0 saturated carbocycles. The highest BCUT2D eigenvalue weighted by Crippen LogP contribution is 2.36.